The molecule has 14 heavy (non-hydrogen) atoms. The van der Waals surface area contributed by atoms with Crippen molar-refractivity contribution in [3.05, 3.63) is 10.1 Å². The van der Waals surface area contributed by atoms with Gasteiger partial charge in [-0.25, -0.2) is 10.1 Å². The van der Waals surface area contributed by atoms with E-state index in [-0.39, 0.29) is 6.04 Å². The van der Waals surface area contributed by atoms with Gasteiger partial charge in [0.15, 0.2) is 5.03 Å². The van der Waals surface area contributed by atoms with Crippen LogP contribution in [0.4, 0.5) is 0 Å². The molecule has 1 aliphatic heterocycles. The quantitative estimate of drug-likeness (QED) is 0.490. The third-order valence-electron chi connectivity index (χ3n) is 1.97. The third kappa shape index (κ3) is 2.56. The summed E-state index contributed by atoms with van der Waals surface area (Å²) in [5.74, 6) is 0.336. The molecular weight excluding hydrogens is 186 g/mol. The Morgan fingerprint density at radius 3 is 2.79 bits per heavy atom. The van der Waals surface area contributed by atoms with E-state index in [4.69, 9.17) is 0 Å². The Labute approximate surface area is 82.5 Å². The highest BCUT2D eigenvalue weighted by Gasteiger charge is 2.24. The molecule has 1 rings (SSSR count). The van der Waals surface area contributed by atoms with Crippen LogP contribution in [-0.2, 0) is 0 Å². The predicted molar refractivity (Wildman–Crippen MR) is 52.0 cm³/mol. The van der Waals surface area contributed by atoms with Crippen LogP contribution in [0, 0.1) is 10.1 Å². The Kier molecular flexibility index (Phi) is 3.23. The van der Waals surface area contributed by atoms with Gasteiger partial charge in [-0.3, -0.25) is 4.90 Å². The van der Waals surface area contributed by atoms with E-state index >= 15 is 0 Å². The van der Waals surface area contributed by atoms with Crippen LogP contribution in [0.15, 0.2) is 5.10 Å². The molecule has 0 aliphatic carbocycles. The number of hydrogen-bond acceptors (Lipinski definition) is 3. The maximum Gasteiger partial charge on any atom is 0.273 e. The van der Waals surface area contributed by atoms with Gasteiger partial charge in [-0.05, 0) is 20.9 Å². The summed E-state index contributed by atoms with van der Waals surface area (Å²) in [6.07, 6.45) is 0. The fraction of sp³-hybridized carbons (Fsp3) is 0.857. The monoisotopic (exact) mass is 201 g/mol. The molecule has 80 valence electrons. The summed E-state index contributed by atoms with van der Waals surface area (Å²) in [4.78, 5) is 14.1. The summed E-state index contributed by atoms with van der Waals surface area (Å²) in [6, 6.07) is 0.184. The molecule has 7 nitrogen and oxygen atoms in total. The maximum atomic E-state index is 10.3. The van der Waals surface area contributed by atoms with Crippen molar-refractivity contribution in [1.82, 2.24) is 15.1 Å². The minimum absolute atomic E-state index is 0.184. The first-order valence-electron chi connectivity index (χ1n) is 4.42. The van der Waals surface area contributed by atoms with Gasteiger partial charge in [-0.2, -0.15) is 0 Å². The average molecular weight is 201 g/mol. The second-order valence-corrected chi connectivity index (χ2v) is 3.56. The summed E-state index contributed by atoms with van der Waals surface area (Å²) in [5, 5.41) is 15.8. The second kappa shape index (κ2) is 4.23. The first-order chi connectivity index (χ1) is 6.50. The van der Waals surface area contributed by atoms with Gasteiger partial charge in [0, 0.05) is 6.04 Å². The number of nitrogens with one attached hydrogen (secondary N) is 1. The van der Waals surface area contributed by atoms with Crippen molar-refractivity contribution in [2.75, 3.05) is 20.4 Å². The van der Waals surface area contributed by atoms with Crippen LogP contribution in [0.2, 0.25) is 0 Å². The van der Waals surface area contributed by atoms with Crippen LogP contribution in [0.5, 0.6) is 0 Å². The molecule has 0 atom stereocenters. The van der Waals surface area contributed by atoms with Crippen LogP contribution in [0.3, 0.4) is 0 Å². The summed E-state index contributed by atoms with van der Waals surface area (Å²) >= 11 is 0. The lowest BCUT2D eigenvalue weighted by molar-refractivity contribution is -0.486. The van der Waals surface area contributed by atoms with Crippen LogP contribution in [0.25, 0.3) is 0 Å². The molecule has 0 bridgehead atoms. The zero-order valence-corrected chi connectivity index (χ0v) is 8.60. The fourth-order valence-corrected chi connectivity index (χ4v) is 1.26. The van der Waals surface area contributed by atoms with E-state index in [1.54, 1.807) is 0 Å². The zero-order valence-electron chi connectivity index (χ0n) is 8.60. The largest absolute Gasteiger partial charge is 0.338 e. The van der Waals surface area contributed by atoms with Crippen molar-refractivity contribution in [3.63, 3.8) is 0 Å². The lowest BCUT2D eigenvalue weighted by atomic mass is 10.3. The molecule has 1 N–H and O–H groups in total. The van der Waals surface area contributed by atoms with Gasteiger partial charge in [0.25, 0.3) is 5.96 Å². The molecule has 0 aromatic heterocycles. The van der Waals surface area contributed by atoms with E-state index in [0.29, 0.717) is 19.3 Å². The highest BCUT2D eigenvalue weighted by Crippen LogP contribution is 2.04. The summed E-state index contributed by atoms with van der Waals surface area (Å²) < 4.78 is 0. The van der Waals surface area contributed by atoms with Crippen LogP contribution >= 0.6 is 0 Å². The Hall–Kier alpha value is -1.37. The molecule has 0 radical (unpaired) electrons. The molecule has 1 saturated heterocycles. The first-order valence-corrected chi connectivity index (χ1v) is 4.42. The SMILES string of the molecule is CC(C)N1CN(C)CN/C1=N/[N+](=O)[O-]. The fourth-order valence-electron chi connectivity index (χ4n) is 1.26. The Morgan fingerprint density at radius 2 is 2.29 bits per heavy atom. The van der Waals surface area contributed by atoms with E-state index in [2.05, 4.69) is 10.4 Å². The zero-order chi connectivity index (χ0) is 10.7. The average Bonchev–Trinajstić information content (AvgIpc) is 2.07. The van der Waals surface area contributed by atoms with Crippen molar-refractivity contribution in [3.8, 4) is 0 Å². The first kappa shape index (κ1) is 10.7. The van der Waals surface area contributed by atoms with Gasteiger partial charge < -0.3 is 10.2 Å². The molecule has 0 aromatic carbocycles. The predicted octanol–water partition coefficient (Wildman–Crippen LogP) is -0.305. The minimum atomic E-state index is -0.678. The number of hydrogen-bond donors (Lipinski definition) is 1. The van der Waals surface area contributed by atoms with Gasteiger partial charge in [-0.1, -0.05) is 0 Å². The van der Waals surface area contributed by atoms with Gasteiger partial charge >= 0.3 is 0 Å². The standard InChI is InChI=1S/C7H15N5O2/c1-6(2)11-5-10(3)4-8-7(11)9-12(13)14/h6H,4-5H2,1-3H3,(H,8,9). The number of rotatable bonds is 2. The molecule has 1 heterocycles. The van der Waals surface area contributed by atoms with Crippen molar-refractivity contribution < 1.29 is 5.03 Å². The van der Waals surface area contributed by atoms with Gasteiger partial charge in [0.1, 0.15) is 5.10 Å². The highest BCUT2D eigenvalue weighted by molar-refractivity contribution is 5.80. The lowest BCUT2D eigenvalue weighted by Crippen LogP contribution is -2.57. The Morgan fingerprint density at radius 1 is 1.64 bits per heavy atom. The van der Waals surface area contributed by atoms with Crippen LogP contribution < -0.4 is 5.32 Å². The summed E-state index contributed by atoms with van der Waals surface area (Å²) in [7, 11) is 1.94. The molecule has 0 amide bonds. The minimum Gasteiger partial charge on any atom is -0.338 e. The maximum absolute atomic E-state index is 10.3. The molecule has 0 unspecified atom stereocenters. The van der Waals surface area contributed by atoms with E-state index in [1.807, 2.05) is 30.7 Å². The number of nitrogens with zero attached hydrogens (tertiary/aromatic N) is 4. The topological polar surface area (TPSA) is 74.0 Å². The highest BCUT2D eigenvalue weighted by atomic mass is 16.7. The number of hydrazone groups is 1. The Bertz CT molecular complexity index is 252. The molecule has 0 spiro atoms. The molecule has 7 heteroatoms. The number of nitro groups is 1. The van der Waals surface area contributed by atoms with Gasteiger partial charge in [0.2, 0.25) is 0 Å². The van der Waals surface area contributed by atoms with Crippen LogP contribution in [0.1, 0.15) is 13.8 Å². The van der Waals surface area contributed by atoms with E-state index in [1.165, 1.54) is 0 Å². The molecule has 0 saturated carbocycles. The van der Waals surface area contributed by atoms with E-state index in [9.17, 15) is 10.1 Å². The Balaban J connectivity index is 2.77. The smallest absolute Gasteiger partial charge is 0.273 e. The summed E-state index contributed by atoms with van der Waals surface area (Å²) in [6.45, 7) is 5.17. The van der Waals surface area contributed by atoms with Gasteiger partial charge in [0.05, 0.1) is 13.3 Å². The molecule has 1 fully saturated rings. The van der Waals surface area contributed by atoms with Crippen molar-refractivity contribution in [2.45, 2.75) is 19.9 Å². The molecular formula is C7H15N5O2. The van der Waals surface area contributed by atoms with Crippen molar-refractivity contribution >= 4 is 5.96 Å². The molecule has 1 aliphatic rings. The lowest BCUT2D eigenvalue weighted by Gasteiger charge is -2.37. The van der Waals surface area contributed by atoms with Gasteiger partial charge in [-0.15, -0.1) is 0 Å². The molecule has 0 aromatic rings. The third-order valence-corrected chi connectivity index (χ3v) is 1.97. The second-order valence-electron chi connectivity index (χ2n) is 3.56. The number of guanidine groups is 1. The van der Waals surface area contributed by atoms with E-state index in [0.717, 1.165) is 0 Å². The van der Waals surface area contributed by atoms with Crippen molar-refractivity contribution in [1.29, 1.82) is 0 Å². The summed E-state index contributed by atoms with van der Waals surface area (Å²) in [5.41, 5.74) is 0. The van der Waals surface area contributed by atoms with Crippen molar-refractivity contribution in [2.24, 2.45) is 5.10 Å². The normalized spacial score (nSPS) is 21.4. The van der Waals surface area contributed by atoms with Crippen LogP contribution in [-0.4, -0.2) is 47.2 Å². The van der Waals surface area contributed by atoms with E-state index < -0.39 is 5.03 Å².